The second-order valence-corrected chi connectivity index (χ2v) is 5.06. The van der Waals surface area contributed by atoms with Gasteiger partial charge in [0.2, 0.25) is 0 Å². The van der Waals surface area contributed by atoms with Crippen LogP contribution < -0.4 is 11.3 Å². The Labute approximate surface area is 103 Å². The van der Waals surface area contributed by atoms with Gasteiger partial charge in [-0.05, 0) is 40.2 Å². The predicted octanol–water partition coefficient (Wildman–Crippen LogP) is 2.83. The lowest BCUT2D eigenvalue weighted by molar-refractivity contribution is 0.125. The normalized spacial score (nSPS) is 13.0. The van der Waals surface area contributed by atoms with Crippen molar-refractivity contribution in [2.75, 3.05) is 13.2 Å². The van der Waals surface area contributed by atoms with E-state index in [0.29, 0.717) is 0 Å². The maximum atomic E-state index is 5.53. The summed E-state index contributed by atoms with van der Waals surface area (Å²) in [7, 11) is 0. The molecule has 15 heavy (non-hydrogen) atoms. The third-order valence-electron chi connectivity index (χ3n) is 2.06. The van der Waals surface area contributed by atoms with E-state index in [1.165, 1.54) is 4.88 Å². The Balaban J connectivity index is 2.39. The van der Waals surface area contributed by atoms with Crippen LogP contribution in [0.2, 0.25) is 0 Å². The Morgan fingerprint density at radius 1 is 1.60 bits per heavy atom. The highest BCUT2D eigenvalue weighted by molar-refractivity contribution is 9.10. The van der Waals surface area contributed by atoms with Gasteiger partial charge in [0.25, 0.3) is 0 Å². The van der Waals surface area contributed by atoms with E-state index in [2.05, 4.69) is 33.7 Å². The molecule has 0 bridgehead atoms. The molecule has 1 aromatic rings. The lowest BCUT2D eigenvalue weighted by Gasteiger charge is -2.14. The molecule has 0 saturated heterocycles. The summed E-state index contributed by atoms with van der Waals surface area (Å²) in [6.45, 7) is 3.67. The van der Waals surface area contributed by atoms with Gasteiger partial charge >= 0.3 is 0 Å². The molecule has 3 N–H and O–H groups in total. The van der Waals surface area contributed by atoms with Gasteiger partial charge in [-0.25, -0.2) is 0 Å². The highest BCUT2D eigenvalue weighted by Gasteiger charge is 2.13. The number of hydrogen-bond donors (Lipinski definition) is 2. The van der Waals surface area contributed by atoms with Crippen LogP contribution in [0.25, 0.3) is 0 Å². The fraction of sp³-hybridized carbons (Fsp3) is 0.600. The topological polar surface area (TPSA) is 47.3 Å². The molecule has 1 rings (SSSR count). The molecular weight excluding hydrogens is 276 g/mol. The minimum atomic E-state index is 0.177. The molecule has 0 amide bonds. The van der Waals surface area contributed by atoms with Crippen molar-refractivity contribution >= 4 is 27.3 Å². The first-order valence-electron chi connectivity index (χ1n) is 5.06. The first kappa shape index (κ1) is 13.1. The molecule has 0 aliphatic rings. The van der Waals surface area contributed by atoms with E-state index < -0.39 is 0 Å². The van der Waals surface area contributed by atoms with Crippen LogP contribution in [0, 0.1) is 0 Å². The fourth-order valence-electron chi connectivity index (χ4n) is 1.29. The Hall–Kier alpha value is 0.0600. The second kappa shape index (κ2) is 7.35. The van der Waals surface area contributed by atoms with Crippen molar-refractivity contribution in [1.82, 2.24) is 5.43 Å². The number of rotatable bonds is 7. The molecule has 1 heterocycles. The first-order chi connectivity index (χ1) is 7.29. The molecule has 1 unspecified atom stereocenters. The van der Waals surface area contributed by atoms with Gasteiger partial charge in [0.1, 0.15) is 0 Å². The summed E-state index contributed by atoms with van der Waals surface area (Å²) in [5.74, 6) is 5.53. The van der Waals surface area contributed by atoms with Crippen LogP contribution in [0.15, 0.2) is 15.9 Å². The van der Waals surface area contributed by atoms with E-state index in [-0.39, 0.29) is 6.04 Å². The van der Waals surface area contributed by atoms with Crippen molar-refractivity contribution in [3.63, 3.8) is 0 Å². The smallest absolute Gasteiger partial charge is 0.0586 e. The first-order valence-corrected chi connectivity index (χ1v) is 6.73. The third kappa shape index (κ3) is 4.20. The minimum absolute atomic E-state index is 0.177. The zero-order valence-electron chi connectivity index (χ0n) is 8.83. The van der Waals surface area contributed by atoms with Gasteiger partial charge in [-0.2, -0.15) is 0 Å². The average Bonchev–Trinajstić information content (AvgIpc) is 2.65. The van der Waals surface area contributed by atoms with Crippen LogP contribution in [-0.2, 0) is 4.74 Å². The van der Waals surface area contributed by atoms with E-state index in [1.807, 2.05) is 6.07 Å². The summed E-state index contributed by atoms with van der Waals surface area (Å²) in [6, 6.07) is 2.22. The Morgan fingerprint density at radius 3 is 2.93 bits per heavy atom. The van der Waals surface area contributed by atoms with Gasteiger partial charge in [-0.15, -0.1) is 11.3 Å². The summed E-state index contributed by atoms with van der Waals surface area (Å²) in [6.07, 6.45) is 1.96. The molecule has 86 valence electrons. The van der Waals surface area contributed by atoms with Crippen LogP contribution in [-0.4, -0.2) is 13.2 Å². The molecule has 0 aromatic carbocycles. The largest absolute Gasteiger partial charge is 0.381 e. The summed E-state index contributed by atoms with van der Waals surface area (Å²) in [5.41, 5.74) is 2.82. The summed E-state index contributed by atoms with van der Waals surface area (Å²) >= 11 is 5.21. The highest BCUT2D eigenvalue weighted by Crippen LogP contribution is 2.30. The molecule has 0 fully saturated rings. The van der Waals surface area contributed by atoms with E-state index in [9.17, 15) is 0 Å². The van der Waals surface area contributed by atoms with Crippen molar-refractivity contribution < 1.29 is 4.74 Å². The van der Waals surface area contributed by atoms with Crippen molar-refractivity contribution in [1.29, 1.82) is 0 Å². The molecule has 0 spiro atoms. The monoisotopic (exact) mass is 292 g/mol. The number of nitrogens with two attached hydrogens (primary N) is 1. The number of hydrazine groups is 1. The van der Waals surface area contributed by atoms with E-state index in [4.69, 9.17) is 10.6 Å². The fourth-order valence-corrected chi connectivity index (χ4v) is 3.04. The van der Waals surface area contributed by atoms with Gasteiger partial charge < -0.3 is 4.74 Å². The number of thiophene rings is 1. The molecule has 1 atom stereocenters. The summed E-state index contributed by atoms with van der Waals surface area (Å²) < 4.78 is 6.56. The molecule has 0 aliphatic heterocycles. The summed E-state index contributed by atoms with van der Waals surface area (Å²) in [5, 5.41) is 2.05. The molecule has 0 saturated carbocycles. The van der Waals surface area contributed by atoms with Crippen molar-refractivity contribution in [2.45, 2.75) is 25.8 Å². The SMILES string of the molecule is CCCOCCC(NN)c1sccc1Br. The molecule has 5 heteroatoms. The predicted molar refractivity (Wildman–Crippen MR) is 67.8 cm³/mol. The Morgan fingerprint density at radius 2 is 2.40 bits per heavy atom. The van der Waals surface area contributed by atoms with Gasteiger partial charge in [0.15, 0.2) is 0 Å². The maximum Gasteiger partial charge on any atom is 0.0586 e. The van der Waals surface area contributed by atoms with Gasteiger partial charge in [-0.3, -0.25) is 11.3 Å². The zero-order chi connectivity index (χ0) is 11.1. The Bertz CT molecular complexity index is 280. The number of ether oxygens (including phenoxy) is 1. The zero-order valence-corrected chi connectivity index (χ0v) is 11.2. The minimum Gasteiger partial charge on any atom is -0.381 e. The molecule has 3 nitrogen and oxygen atoms in total. The molecule has 1 aromatic heterocycles. The maximum absolute atomic E-state index is 5.53. The van der Waals surface area contributed by atoms with Crippen LogP contribution in [0.5, 0.6) is 0 Å². The number of hydrogen-bond acceptors (Lipinski definition) is 4. The molecular formula is C10H17BrN2OS. The quantitative estimate of drug-likeness (QED) is 0.462. The van der Waals surface area contributed by atoms with Gasteiger partial charge in [0, 0.05) is 22.6 Å². The van der Waals surface area contributed by atoms with Crippen molar-refractivity contribution in [2.24, 2.45) is 5.84 Å². The second-order valence-electron chi connectivity index (χ2n) is 3.25. The molecule has 0 aliphatic carbocycles. The van der Waals surface area contributed by atoms with Crippen LogP contribution in [0.1, 0.15) is 30.7 Å². The van der Waals surface area contributed by atoms with Gasteiger partial charge in [-0.1, -0.05) is 6.92 Å². The van der Waals surface area contributed by atoms with E-state index >= 15 is 0 Å². The van der Waals surface area contributed by atoms with E-state index in [1.54, 1.807) is 11.3 Å². The summed E-state index contributed by atoms with van der Waals surface area (Å²) in [4.78, 5) is 1.23. The van der Waals surface area contributed by atoms with Crippen molar-refractivity contribution in [3.05, 3.63) is 20.8 Å². The van der Waals surface area contributed by atoms with Crippen molar-refractivity contribution in [3.8, 4) is 0 Å². The molecule has 0 radical (unpaired) electrons. The number of nitrogens with one attached hydrogen (secondary N) is 1. The Kier molecular flexibility index (Phi) is 6.43. The van der Waals surface area contributed by atoms with Crippen LogP contribution in [0.3, 0.4) is 0 Å². The third-order valence-corrected chi connectivity index (χ3v) is 4.05. The van der Waals surface area contributed by atoms with Crippen LogP contribution >= 0.6 is 27.3 Å². The average molecular weight is 293 g/mol. The lowest BCUT2D eigenvalue weighted by Crippen LogP contribution is -2.28. The van der Waals surface area contributed by atoms with E-state index in [0.717, 1.165) is 30.5 Å². The lowest BCUT2D eigenvalue weighted by atomic mass is 10.2. The van der Waals surface area contributed by atoms with Gasteiger partial charge in [0.05, 0.1) is 6.04 Å². The highest BCUT2D eigenvalue weighted by atomic mass is 79.9. The van der Waals surface area contributed by atoms with Crippen LogP contribution in [0.4, 0.5) is 0 Å². The standard InChI is InChI=1S/C10H17BrN2OS/c1-2-5-14-6-3-9(13-12)10-8(11)4-7-15-10/h4,7,9,13H,2-3,5-6,12H2,1H3. The number of halogens is 1.